The van der Waals surface area contributed by atoms with Crippen LogP contribution in [0.15, 0.2) is 27.8 Å². The Morgan fingerprint density at radius 1 is 1.50 bits per heavy atom. The molecule has 1 N–H and O–H groups in total. The molecule has 0 bridgehead atoms. The van der Waals surface area contributed by atoms with Crippen LogP contribution in [0.3, 0.4) is 0 Å². The normalized spacial score (nSPS) is 11.1. The van der Waals surface area contributed by atoms with Crippen LogP contribution in [0.1, 0.15) is 5.56 Å². The highest BCUT2D eigenvalue weighted by Gasteiger charge is 2.24. The van der Waals surface area contributed by atoms with E-state index in [-0.39, 0.29) is 25.9 Å². The number of rotatable bonds is 3. The maximum Gasteiger partial charge on any atom is 0.281 e. The first-order valence-corrected chi connectivity index (χ1v) is 7.78. The third kappa shape index (κ3) is 2.77. The Kier molecular flexibility index (Phi) is 3.99. The Morgan fingerprint density at radius 2 is 2.20 bits per heavy atom. The lowest BCUT2D eigenvalue weighted by Gasteiger charge is -2.08. The van der Waals surface area contributed by atoms with Gasteiger partial charge in [-0.1, -0.05) is 16.8 Å². The fourth-order valence-corrected chi connectivity index (χ4v) is 3.79. The van der Waals surface area contributed by atoms with Crippen LogP contribution in [0.4, 0.5) is 5.69 Å². The van der Waals surface area contributed by atoms with Crippen LogP contribution in [-0.2, 0) is 17.1 Å². The minimum absolute atomic E-state index is 0.0990. The lowest BCUT2D eigenvalue weighted by Crippen LogP contribution is -2.17. The Labute approximate surface area is 128 Å². The maximum atomic E-state index is 12.2. The number of sulfonamides is 1. The molecule has 10 heteroatoms. The highest BCUT2D eigenvalue weighted by molar-refractivity contribution is 9.10. The third-order valence-electron chi connectivity index (χ3n) is 2.33. The fourth-order valence-electron chi connectivity index (χ4n) is 1.49. The van der Waals surface area contributed by atoms with Crippen molar-refractivity contribution in [2.45, 2.75) is 5.03 Å². The van der Waals surface area contributed by atoms with Gasteiger partial charge < -0.3 is 0 Å². The number of halogens is 2. The summed E-state index contributed by atoms with van der Waals surface area (Å²) < 4.78 is 28.0. The van der Waals surface area contributed by atoms with Gasteiger partial charge in [-0.05, 0) is 34.1 Å². The van der Waals surface area contributed by atoms with E-state index in [0.29, 0.717) is 0 Å². The molecule has 0 aliphatic heterocycles. The largest absolute Gasteiger partial charge is 0.281 e. The van der Waals surface area contributed by atoms with Crippen LogP contribution >= 0.6 is 27.5 Å². The van der Waals surface area contributed by atoms with Crippen molar-refractivity contribution in [2.75, 3.05) is 4.72 Å². The van der Waals surface area contributed by atoms with Gasteiger partial charge in [0.2, 0.25) is 5.03 Å². The number of hydrogen-bond donors (Lipinski definition) is 1. The molecule has 0 amide bonds. The number of nitriles is 1. The first-order chi connectivity index (χ1) is 9.35. The van der Waals surface area contributed by atoms with E-state index in [0.717, 1.165) is 4.68 Å². The standard InChI is InChI=1S/C10H7BrClN5O2S/c1-17-10(9(11)14-16-17)20(18,19)15-7-2-3-8(12)6(4-7)5-13/h2-4,15H,1H3. The van der Waals surface area contributed by atoms with E-state index in [4.69, 9.17) is 16.9 Å². The predicted octanol–water partition coefficient (Wildman–Crippen LogP) is 1.90. The third-order valence-corrected chi connectivity index (χ3v) is 4.93. The molecule has 0 aliphatic rings. The van der Waals surface area contributed by atoms with Gasteiger partial charge >= 0.3 is 0 Å². The fraction of sp³-hybridized carbons (Fsp3) is 0.100. The van der Waals surface area contributed by atoms with Crippen molar-refractivity contribution in [1.82, 2.24) is 15.0 Å². The quantitative estimate of drug-likeness (QED) is 0.881. The predicted molar refractivity (Wildman–Crippen MR) is 75.7 cm³/mol. The zero-order chi connectivity index (χ0) is 14.9. The molecule has 104 valence electrons. The first-order valence-electron chi connectivity index (χ1n) is 5.13. The average Bonchev–Trinajstić information content (AvgIpc) is 2.71. The summed E-state index contributed by atoms with van der Waals surface area (Å²) >= 11 is 8.81. The SMILES string of the molecule is Cn1nnc(Br)c1S(=O)(=O)Nc1ccc(Cl)c(C#N)c1. The number of aryl methyl sites for hydroxylation is 1. The molecular formula is C10H7BrClN5O2S. The van der Waals surface area contributed by atoms with Crippen molar-refractivity contribution < 1.29 is 8.42 Å². The number of benzene rings is 1. The molecule has 1 heterocycles. The summed E-state index contributed by atoms with van der Waals surface area (Å²) in [5, 5.41) is 16.2. The molecular weight excluding hydrogens is 370 g/mol. The van der Waals surface area contributed by atoms with E-state index in [1.54, 1.807) is 0 Å². The second-order valence-electron chi connectivity index (χ2n) is 3.72. The van der Waals surface area contributed by atoms with Crippen LogP contribution in [0.5, 0.6) is 0 Å². The van der Waals surface area contributed by atoms with Gasteiger partial charge in [0, 0.05) is 7.05 Å². The highest BCUT2D eigenvalue weighted by atomic mass is 79.9. The summed E-state index contributed by atoms with van der Waals surface area (Å²) in [4.78, 5) is 0. The number of nitrogens with zero attached hydrogens (tertiary/aromatic N) is 4. The van der Waals surface area contributed by atoms with Crippen LogP contribution in [0.2, 0.25) is 5.02 Å². The zero-order valence-corrected chi connectivity index (χ0v) is 13.2. The summed E-state index contributed by atoms with van der Waals surface area (Å²) in [6.07, 6.45) is 0. The van der Waals surface area contributed by atoms with E-state index in [1.165, 1.54) is 25.2 Å². The summed E-state index contributed by atoms with van der Waals surface area (Å²) in [6, 6.07) is 6.11. The Balaban J connectivity index is 2.42. The van der Waals surface area contributed by atoms with Crippen LogP contribution in [0, 0.1) is 11.3 Å². The molecule has 1 aromatic heterocycles. The van der Waals surface area contributed by atoms with E-state index in [9.17, 15) is 8.42 Å². The van der Waals surface area contributed by atoms with Gasteiger partial charge in [-0.2, -0.15) is 13.7 Å². The number of hydrogen-bond acceptors (Lipinski definition) is 5. The molecule has 0 spiro atoms. The van der Waals surface area contributed by atoms with Crippen molar-refractivity contribution in [2.24, 2.45) is 7.05 Å². The highest BCUT2D eigenvalue weighted by Crippen LogP contribution is 2.24. The number of anilines is 1. The monoisotopic (exact) mass is 375 g/mol. The van der Waals surface area contributed by atoms with Crippen molar-refractivity contribution in [3.05, 3.63) is 33.4 Å². The van der Waals surface area contributed by atoms with Crippen molar-refractivity contribution in [3.63, 3.8) is 0 Å². The number of aromatic nitrogens is 3. The van der Waals surface area contributed by atoms with Gasteiger partial charge in [-0.3, -0.25) is 4.72 Å². The lowest BCUT2D eigenvalue weighted by atomic mass is 10.2. The molecule has 0 radical (unpaired) electrons. The van der Waals surface area contributed by atoms with Crippen LogP contribution in [0.25, 0.3) is 0 Å². The Morgan fingerprint density at radius 3 is 2.75 bits per heavy atom. The second kappa shape index (κ2) is 5.40. The first kappa shape index (κ1) is 14.8. The van der Waals surface area contributed by atoms with Crippen molar-refractivity contribution >= 4 is 43.2 Å². The topological polar surface area (TPSA) is 101 Å². The van der Waals surface area contributed by atoms with Gasteiger partial charge in [-0.15, -0.1) is 5.10 Å². The maximum absolute atomic E-state index is 12.2. The number of nitrogens with one attached hydrogen (secondary N) is 1. The van der Waals surface area contributed by atoms with Crippen LogP contribution in [-0.4, -0.2) is 23.4 Å². The zero-order valence-electron chi connectivity index (χ0n) is 10.0. The minimum Gasteiger partial charge on any atom is -0.278 e. The van der Waals surface area contributed by atoms with Gasteiger partial charge in [0.25, 0.3) is 10.0 Å². The minimum atomic E-state index is -3.88. The van der Waals surface area contributed by atoms with Crippen molar-refractivity contribution in [1.29, 1.82) is 5.26 Å². The molecule has 20 heavy (non-hydrogen) atoms. The smallest absolute Gasteiger partial charge is 0.278 e. The molecule has 0 aliphatic carbocycles. The summed E-state index contributed by atoms with van der Waals surface area (Å²) in [7, 11) is -2.43. The summed E-state index contributed by atoms with van der Waals surface area (Å²) in [5.74, 6) is 0. The van der Waals surface area contributed by atoms with Crippen LogP contribution < -0.4 is 4.72 Å². The molecule has 2 aromatic rings. The molecule has 1 aromatic carbocycles. The van der Waals surface area contributed by atoms with Gasteiger partial charge in [0.15, 0.2) is 4.60 Å². The van der Waals surface area contributed by atoms with E-state index >= 15 is 0 Å². The van der Waals surface area contributed by atoms with Gasteiger partial charge in [-0.25, -0.2) is 4.68 Å². The second-order valence-corrected chi connectivity index (χ2v) is 6.48. The molecule has 0 saturated heterocycles. The van der Waals surface area contributed by atoms with E-state index in [1.807, 2.05) is 6.07 Å². The Hall–Kier alpha value is -1.63. The molecule has 0 fully saturated rings. The van der Waals surface area contributed by atoms with E-state index < -0.39 is 10.0 Å². The summed E-state index contributed by atoms with van der Waals surface area (Å²) in [6.45, 7) is 0. The molecule has 0 atom stereocenters. The molecule has 0 saturated carbocycles. The molecule has 0 unspecified atom stereocenters. The van der Waals surface area contributed by atoms with Gasteiger partial charge in [0.05, 0.1) is 16.3 Å². The van der Waals surface area contributed by atoms with Gasteiger partial charge in [0.1, 0.15) is 6.07 Å². The summed E-state index contributed by atoms with van der Waals surface area (Å²) in [5.41, 5.74) is 0.396. The lowest BCUT2D eigenvalue weighted by molar-refractivity contribution is 0.578. The Bertz CT molecular complexity index is 792. The van der Waals surface area contributed by atoms with Crippen molar-refractivity contribution in [3.8, 4) is 6.07 Å². The molecule has 7 nitrogen and oxygen atoms in total. The van der Waals surface area contributed by atoms with E-state index in [2.05, 4.69) is 31.0 Å². The average molecular weight is 377 g/mol. The molecule has 2 rings (SSSR count).